The van der Waals surface area contributed by atoms with E-state index in [-0.39, 0.29) is 12.0 Å². The molecule has 0 aliphatic rings. The van der Waals surface area contributed by atoms with Crippen LogP contribution in [0.15, 0.2) is 78.6 Å². The van der Waals surface area contributed by atoms with Gasteiger partial charge in [0.2, 0.25) is 5.43 Å². The maximum atomic E-state index is 12.3. The van der Waals surface area contributed by atoms with Crippen molar-refractivity contribution < 1.29 is 4.74 Å². The van der Waals surface area contributed by atoms with Crippen LogP contribution < -0.4 is 10.2 Å². The lowest BCUT2D eigenvalue weighted by atomic mass is 10.1. The molecule has 1 aromatic carbocycles. The zero-order valence-electron chi connectivity index (χ0n) is 17.3. The summed E-state index contributed by atoms with van der Waals surface area (Å²) in [6.07, 6.45) is 12.0. The standard InChI is InChI=1S/C23H19N7O2/c1-2-29-13-19(12-27-29)30-6-5-23(31)22(28-30)14-32-20-3-4-21-16(8-20)7-17(11-26-21)18-9-24-15-25-10-18/h3-13,15H,2,14H2,1H3. The number of aryl methyl sites for hydroxylation is 1. The first-order valence-corrected chi connectivity index (χ1v) is 10.1. The summed E-state index contributed by atoms with van der Waals surface area (Å²) in [7, 11) is 0. The van der Waals surface area contributed by atoms with E-state index in [9.17, 15) is 4.79 Å². The summed E-state index contributed by atoms with van der Waals surface area (Å²) in [6, 6.07) is 9.09. The lowest BCUT2D eigenvalue weighted by Crippen LogP contribution is -2.17. The Kier molecular flexibility index (Phi) is 5.12. The molecule has 9 nitrogen and oxygen atoms in total. The van der Waals surface area contributed by atoms with E-state index in [1.54, 1.807) is 40.3 Å². The van der Waals surface area contributed by atoms with Crippen LogP contribution in [0, 0.1) is 0 Å². The van der Waals surface area contributed by atoms with Crippen LogP contribution in [0.1, 0.15) is 12.6 Å². The second kappa shape index (κ2) is 8.38. The molecule has 0 aliphatic heterocycles. The Bertz CT molecular complexity index is 1440. The summed E-state index contributed by atoms with van der Waals surface area (Å²) < 4.78 is 9.31. The number of benzene rings is 1. The van der Waals surface area contributed by atoms with Gasteiger partial charge >= 0.3 is 0 Å². The Morgan fingerprint density at radius 2 is 1.88 bits per heavy atom. The van der Waals surface area contributed by atoms with E-state index in [2.05, 4.69) is 25.1 Å². The molecule has 32 heavy (non-hydrogen) atoms. The van der Waals surface area contributed by atoms with Gasteiger partial charge in [-0.05, 0) is 31.2 Å². The average molecular weight is 425 g/mol. The maximum absolute atomic E-state index is 12.3. The summed E-state index contributed by atoms with van der Waals surface area (Å²) in [4.78, 5) is 24.9. The van der Waals surface area contributed by atoms with E-state index < -0.39 is 0 Å². The minimum absolute atomic E-state index is 0.0484. The molecule has 4 aromatic heterocycles. The fourth-order valence-electron chi connectivity index (χ4n) is 3.29. The number of fused-ring (bicyclic) bond motifs is 1. The summed E-state index contributed by atoms with van der Waals surface area (Å²) in [5.74, 6) is 0.621. The van der Waals surface area contributed by atoms with Gasteiger partial charge in [0.05, 0.1) is 17.9 Å². The normalized spacial score (nSPS) is 11.0. The molecular weight excluding hydrogens is 406 g/mol. The zero-order chi connectivity index (χ0) is 21.9. The number of pyridine rings is 1. The number of hydrogen-bond donors (Lipinski definition) is 0. The largest absolute Gasteiger partial charge is 0.487 e. The van der Waals surface area contributed by atoms with Crippen molar-refractivity contribution in [2.24, 2.45) is 0 Å². The number of ether oxygens (including phenoxy) is 1. The molecule has 0 saturated heterocycles. The smallest absolute Gasteiger partial charge is 0.206 e. The number of nitrogens with zero attached hydrogens (tertiary/aromatic N) is 7. The second-order valence-electron chi connectivity index (χ2n) is 7.12. The molecule has 5 rings (SSSR count). The van der Waals surface area contributed by atoms with Crippen LogP contribution in [0.25, 0.3) is 27.7 Å². The monoisotopic (exact) mass is 425 g/mol. The molecule has 0 atom stereocenters. The SMILES string of the molecule is CCn1cc(-n2ccc(=O)c(COc3ccc4ncc(-c5cncnc5)cc4c3)n2)cn1. The topological polar surface area (TPSA) is 101 Å². The van der Waals surface area contributed by atoms with Crippen molar-refractivity contribution in [2.45, 2.75) is 20.1 Å². The third-order valence-corrected chi connectivity index (χ3v) is 5.01. The van der Waals surface area contributed by atoms with Gasteiger partial charge in [-0.2, -0.15) is 10.2 Å². The molecule has 5 aromatic rings. The highest BCUT2D eigenvalue weighted by atomic mass is 16.5. The molecule has 0 unspecified atom stereocenters. The molecule has 0 saturated carbocycles. The van der Waals surface area contributed by atoms with E-state index in [0.29, 0.717) is 11.4 Å². The third-order valence-electron chi connectivity index (χ3n) is 5.01. The fraction of sp³-hybridized carbons (Fsp3) is 0.130. The molecule has 4 heterocycles. The highest BCUT2D eigenvalue weighted by Gasteiger charge is 2.08. The summed E-state index contributed by atoms with van der Waals surface area (Å²) >= 11 is 0. The van der Waals surface area contributed by atoms with Crippen LogP contribution >= 0.6 is 0 Å². The molecule has 158 valence electrons. The molecule has 0 spiro atoms. The van der Waals surface area contributed by atoms with Gasteiger partial charge in [0, 0.05) is 53.9 Å². The van der Waals surface area contributed by atoms with Gasteiger partial charge in [-0.25, -0.2) is 14.6 Å². The quantitative estimate of drug-likeness (QED) is 0.412. The fourth-order valence-corrected chi connectivity index (χ4v) is 3.29. The Morgan fingerprint density at radius 3 is 2.69 bits per heavy atom. The van der Waals surface area contributed by atoms with Crippen molar-refractivity contribution in [3.05, 3.63) is 89.8 Å². The summed E-state index contributed by atoms with van der Waals surface area (Å²) in [5.41, 5.74) is 3.54. The Morgan fingerprint density at radius 1 is 1.00 bits per heavy atom. The molecule has 0 radical (unpaired) electrons. The van der Waals surface area contributed by atoms with Crippen LogP contribution in [0.3, 0.4) is 0 Å². The van der Waals surface area contributed by atoms with Gasteiger partial charge in [-0.1, -0.05) is 0 Å². The van der Waals surface area contributed by atoms with Crippen LogP contribution in [0.5, 0.6) is 5.75 Å². The molecule has 0 N–H and O–H groups in total. The molecule has 0 bridgehead atoms. The molecule has 0 aliphatic carbocycles. The second-order valence-corrected chi connectivity index (χ2v) is 7.12. The molecule has 0 amide bonds. The first-order valence-electron chi connectivity index (χ1n) is 10.1. The Balaban J connectivity index is 1.39. The van der Waals surface area contributed by atoms with Gasteiger partial charge in [-0.15, -0.1) is 0 Å². The lowest BCUT2D eigenvalue weighted by molar-refractivity contribution is 0.298. The van der Waals surface area contributed by atoms with Crippen molar-refractivity contribution in [1.29, 1.82) is 0 Å². The number of hydrogen-bond acceptors (Lipinski definition) is 7. The van der Waals surface area contributed by atoms with E-state index >= 15 is 0 Å². The van der Waals surface area contributed by atoms with E-state index in [1.807, 2.05) is 37.4 Å². The van der Waals surface area contributed by atoms with Gasteiger partial charge in [0.25, 0.3) is 0 Å². The van der Waals surface area contributed by atoms with Crippen LogP contribution in [0.4, 0.5) is 0 Å². The molecular formula is C23H19N7O2. The van der Waals surface area contributed by atoms with Crippen molar-refractivity contribution in [2.75, 3.05) is 0 Å². The predicted octanol–water partition coefficient (Wildman–Crippen LogP) is 3.03. The lowest BCUT2D eigenvalue weighted by Gasteiger charge is -2.09. The highest BCUT2D eigenvalue weighted by molar-refractivity contribution is 5.84. The van der Waals surface area contributed by atoms with Crippen LogP contribution in [0.2, 0.25) is 0 Å². The van der Waals surface area contributed by atoms with Gasteiger partial charge in [0.15, 0.2) is 0 Å². The van der Waals surface area contributed by atoms with Crippen molar-refractivity contribution in [3.8, 4) is 22.6 Å². The minimum Gasteiger partial charge on any atom is -0.487 e. The zero-order valence-corrected chi connectivity index (χ0v) is 17.3. The Hall–Kier alpha value is -4.40. The molecule has 9 heteroatoms. The van der Waals surface area contributed by atoms with Crippen molar-refractivity contribution in [3.63, 3.8) is 0 Å². The first kappa shape index (κ1) is 19.6. The van der Waals surface area contributed by atoms with Crippen molar-refractivity contribution in [1.82, 2.24) is 34.5 Å². The number of aromatic nitrogens is 7. The summed E-state index contributed by atoms with van der Waals surface area (Å²) in [6.45, 7) is 2.81. The first-order chi connectivity index (χ1) is 15.7. The van der Waals surface area contributed by atoms with Gasteiger partial charge in [0.1, 0.15) is 30.1 Å². The Labute approximate surface area is 183 Å². The van der Waals surface area contributed by atoms with Crippen molar-refractivity contribution >= 4 is 10.9 Å². The summed E-state index contributed by atoms with van der Waals surface area (Å²) in [5, 5.41) is 9.58. The third kappa shape index (κ3) is 3.95. The molecule has 0 fully saturated rings. The highest BCUT2D eigenvalue weighted by Crippen LogP contribution is 2.25. The van der Waals surface area contributed by atoms with Crippen LogP contribution in [-0.2, 0) is 13.2 Å². The van der Waals surface area contributed by atoms with Gasteiger partial charge < -0.3 is 4.74 Å². The number of rotatable bonds is 6. The van der Waals surface area contributed by atoms with Gasteiger partial charge in [-0.3, -0.25) is 14.5 Å². The van der Waals surface area contributed by atoms with E-state index in [0.717, 1.165) is 34.3 Å². The average Bonchev–Trinajstić information content (AvgIpc) is 3.33. The maximum Gasteiger partial charge on any atom is 0.206 e. The predicted molar refractivity (Wildman–Crippen MR) is 118 cm³/mol. The van der Waals surface area contributed by atoms with E-state index in [1.165, 1.54) is 12.4 Å². The van der Waals surface area contributed by atoms with Crippen LogP contribution in [-0.4, -0.2) is 34.5 Å². The minimum atomic E-state index is -0.182. The van der Waals surface area contributed by atoms with E-state index in [4.69, 9.17) is 4.74 Å².